The summed E-state index contributed by atoms with van der Waals surface area (Å²) in [6.07, 6.45) is -1.14. The van der Waals surface area contributed by atoms with E-state index in [-0.39, 0.29) is 18.6 Å². The average Bonchev–Trinajstić information content (AvgIpc) is 2.25. The summed E-state index contributed by atoms with van der Waals surface area (Å²) < 4.78 is 20.4. The third-order valence-corrected chi connectivity index (χ3v) is 2.84. The van der Waals surface area contributed by atoms with Crippen molar-refractivity contribution >= 4 is 12.1 Å². The SMILES string of the molecule is COC(=O)C[C@H](NC(=O)OC(C)(C)C)[C@H]1OC[C@H]1OC. The smallest absolute Gasteiger partial charge is 0.407 e. The summed E-state index contributed by atoms with van der Waals surface area (Å²) in [5, 5.41) is 2.64. The molecule has 1 fully saturated rings. The van der Waals surface area contributed by atoms with Gasteiger partial charge < -0.3 is 24.3 Å². The van der Waals surface area contributed by atoms with Crippen LogP contribution in [-0.2, 0) is 23.7 Å². The zero-order valence-electron chi connectivity index (χ0n) is 12.6. The van der Waals surface area contributed by atoms with Crippen LogP contribution in [-0.4, -0.2) is 56.7 Å². The molecule has 0 aromatic heterocycles. The molecule has 7 nitrogen and oxygen atoms in total. The van der Waals surface area contributed by atoms with Gasteiger partial charge in [-0.25, -0.2) is 4.79 Å². The molecule has 1 heterocycles. The number of alkyl carbamates (subject to hydrolysis) is 1. The zero-order chi connectivity index (χ0) is 15.3. The molecule has 7 heteroatoms. The van der Waals surface area contributed by atoms with Crippen LogP contribution in [0.5, 0.6) is 0 Å². The van der Waals surface area contributed by atoms with E-state index in [0.29, 0.717) is 6.61 Å². The first-order valence-electron chi connectivity index (χ1n) is 6.47. The van der Waals surface area contributed by atoms with E-state index in [0.717, 1.165) is 0 Å². The number of hydrogen-bond donors (Lipinski definition) is 1. The molecule has 0 unspecified atom stereocenters. The molecule has 0 bridgehead atoms. The number of methoxy groups -OCH3 is 2. The molecule has 1 N–H and O–H groups in total. The van der Waals surface area contributed by atoms with Gasteiger partial charge in [0.25, 0.3) is 0 Å². The Kier molecular flexibility index (Phi) is 5.76. The summed E-state index contributed by atoms with van der Waals surface area (Å²) >= 11 is 0. The third-order valence-electron chi connectivity index (χ3n) is 2.84. The quantitative estimate of drug-likeness (QED) is 0.756. The highest BCUT2D eigenvalue weighted by molar-refractivity contribution is 5.73. The molecule has 1 rings (SSSR count). The number of esters is 1. The van der Waals surface area contributed by atoms with Gasteiger partial charge in [-0.3, -0.25) is 4.79 Å². The van der Waals surface area contributed by atoms with Gasteiger partial charge in [-0.1, -0.05) is 0 Å². The number of rotatable bonds is 5. The summed E-state index contributed by atoms with van der Waals surface area (Å²) in [7, 11) is 2.85. The predicted octanol–water partition coefficient (Wildman–Crippen LogP) is 0.857. The van der Waals surface area contributed by atoms with Crippen LogP contribution in [0.25, 0.3) is 0 Å². The summed E-state index contributed by atoms with van der Waals surface area (Å²) in [6, 6.07) is -0.545. The summed E-state index contributed by atoms with van der Waals surface area (Å²) in [5.41, 5.74) is -0.610. The highest BCUT2D eigenvalue weighted by Gasteiger charge is 2.41. The van der Waals surface area contributed by atoms with Crippen molar-refractivity contribution in [3.8, 4) is 0 Å². The largest absolute Gasteiger partial charge is 0.469 e. The van der Waals surface area contributed by atoms with Crippen molar-refractivity contribution in [2.75, 3.05) is 20.8 Å². The van der Waals surface area contributed by atoms with Gasteiger partial charge in [0, 0.05) is 7.11 Å². The normalized spacial score (nSPS) is 23.4. The molecular weight excluding hydrogens is 266 g/mol. The summed E-state index contributed by atoms with van der Waals surface area (Å²) in [5.74, 6) is -0.434. The Balaban J connectivity index is 2.63. The molecule has 1 amide bonds. The topological polar surface area (TPSA) is 83.1 Å². The first kappa shape index (κ1) is 16.7. The fourth-order valence-electron chi connectivity index (χ4n) is 1.83. The van der Waals surface area contributed by atoms with Crippen molar-refractivity contribution in [1.29, 1.82) is 0 Å². The zero-order valence-corrected chi connectivity index (χ0v) is 12.6. The van der Waals surface area contributed by atoms with E-state index in [9.17, 15) is 9.59 Å². The van der Waals surface area contributed by atoms with Crippen molar-refractivity contribution in [2.24, 2.45) is 0 Å². The first-order chi connectivity index (χ1) is 9.26. The predicted molar refractivity (Wildman–Crippen MR) is 70.3 cm³/mol. The molecule has 0 saturated carbocycles. The van der Waals surface area contributed by atoms with Crippen LogP contribution in [0.15, 0.2) is 0 Å². The van der Waals surface area contributed by atoms with Gasteiger partial charge in [0.2, 0.25) is 0 Å². The second-order valence-electron chi connectivity index (χ2n) is 5.61. The number of hydrogen-bond acceptors (Lipinski definition) is 6. The molecule has 3 atom stereocenters. The Morgan fingerprint density at radius 2 is 2.00 bits per heavy atom. The Morgan fingerprint density at radius 3 is 2.40 bits per heavy atom. The van der Waals surface area contributed by atoms with Crippen LogP contribution in [0.3, 0.4) is 0 Å². The Bertz CT molecular complexity index is 349. The second kappa shape index (κ2) is 6.90. The monoisotopic (exact) mass is 289 g/mol. The lowest BCUT2D eigenvalue weighted by Gasteiger charge is -2.40. The average molecular weight is 289 g/mol. The maximum absolute atomic E-state index is 11.8. The van der Waals surface area contributed by atoms with Crippen LogP contribution < -0.4 is 5.32 Å². The Morgan fingerprint density at radius 1 is 1.35 bits per heavy atom. The van der Waals surface area contributed by atoms with Gasteiger partial charge in [0.1, 0.15) is 17.8 Å². The van der Waals surface area contributed by atoms with Gasteiger partial charge in [-0.15, -0.1) is 0 Å². The van der Waals surface area contributed by atoms with Gasteiger partial charge in [0.15, 0.2) is 0 Å². The Labute approximate surface area is 118 Å². The van der Waals surface area contributed by atoms with Gasteiger partial charge in [0.05, 0.1) is 26.2 Å². The van der Waals surface area contributed by atoms with Gasteiger partial charge >= 0.3 is 12.1 Å². The highest BCUT2D eigenvalue weighted by atomic mass is 16.6. The summed E-state index contributed by atoms with van der Waals surface area (Å²) in [6.45, 7) is 5.73. The molecule has 0 aliphatic carbocycles. The van der Waals surface area contributed by atoms with Crippen LogP contribution in [0.2, 0.25) is 0 Å². The standard InChI is InChI=1S/C13H23NO6/c1-13(2,3)20-12(16)14-8(6-10(15)18-5)11-9(17-4)7-19-11/h8-9,11H,6-7H2,1-5H3,(H,14,16)/t8-,9+,11+/m0/s1. The number of carbonyl (C=O) groups is 2. The molecular formula is C13H23NO6. The number of ether oxygens (including phenoxy) is 4. The van der Waals surface area contributed by atoms with E-state index in [4.69, 9.17) is 14.2 Å². The molecule has 1 aliphatic rings. The van der Waals surface area contributed by atoms with Crippen LogP contribution in [0.4, 0.5) is 4.79 Å². The molecule has 1 saturated heterocycles. The van der Waals surface area contributed by atoms with Crippen molar-refractivity contribution in [3.63, 3.8) is 0 Å². The number of amides is 1. The second-order valence-corrected chi connectivity index (χ2v) is 5.61. The number of carbonyl (C=O) groups excluding carboxylic acids is 2. The fraction of sp³-hybridized carbons (Fsp3) is 0.846. The number of nitrogens with one attached hydrogen (secondary N) is 1. The van der Waals surface area contributed by atoms with Crippen molar-refractivity contribution < 1.29 is 28.5 Å². The maximum Gasteiger partial charge on any atom is 0.407 e. The molecule has 0 aromatic carbocycles. The molecule has 1 aliphatic heterocycles. The lowest BCUT2D eigenvalue weighted by Crippen LogP contribution is -2.59. The van der Waals surface area contributed by atoms with E-state index in [1.54, 1.807) is 27.9 Å². The molecule has 0 radical (unpaired) electrons. The first-order valence-corrected chi connectivity index (χ1v) is 6.47. The lowest BCUT2D eigenvalue weighted by molar-refractivity contribution is -0.190. The van der Waals surface area contributed by atoms with Gasteiger partial charge in [-0.2, -0.15) is 0 Å². The minimum Gasteiger partial charge on any atom is -0.469 e. The van der Waals surface area contributed by atoms with Crippen molar-refractivity contribution in [2.45, 2.75) is 51.0 Å². The van der Waals surface area contributed by atoms with Crippen molar-refractivity contribution in [1.82, 2.24) is 5.32 Å². The molecule has 0 spiro atoms. The Hall–Kier alpha value is -1.34. The minimum absolute atomic E-state index is 0.000267. The fourth-order valence-corrected chi connectivity index (χ4v) is 1.83. The highest BCUT2D eigenvalue weighted by Crippen LogP contribution is 2.22. The molecule has 116 valence electrons. The van der Waals surface area contributed by atoms with E-state index in [2.05, 4.69) is 10.1 Å². The van der Waals surface area contributed by atoms with E-state index >= 15 is 0 Å². The summed E-state index contributed by atoms with van der Waals surface area (Å²) in [4.78, 5) is 23.2. The van der Waals surface area contributed by atoms with E-state index < -0.39 is 23.7 Å². The maximum atomic E-state index is 11.8. The van der Waals surface area contributed by atoms with Gasteiger partial charge in [-0.05, 0) is 20.8 Å². The van der Waals surface area contributed by atoms with E-state index in [1.807, 2.05) is 0 Å². The molecule has 20 heavy (non-hydrogen) atoms. The lowest BCUT2D eigenvalue weighted by atomic mass is 9.98. The van der Waals surface area contributed by atoms with E-state index in [1.165, 1.54) is 7.11 Å². The molecule has 0 aromatic rings. The van der Waals surface area contributed by atoms with Crippen LogP contribution in [0.1, 0.15) is 27.2 Å². The van der Waals surface area contributed by atoms with Crippen LogP contribution >= 0.6 is 0 Å². The minimum atomic E-state index is -0.610. The third kappa shape index (κ3) is 4.97. The van der Waals surface area contributed by atoms with Crippen LogP contribution in [0, 0.1) is 0 Å². The van der Waals surface area contributed by atoms with Crippen molar-refractivity contribution in [3.05, 3.63) is 0 Å².